The summed E-state index contributed by atoms with van der Waals surface area (Å²) < 4.78 is 1.80. The molecular formula is C21H23Cl2SiZr. The first-order valence-electron chi connectivity index (χ1n) is 8.33. The zero-order valence-electron chi connectivity index (χ0n) is 14.8. The fourth-order valence-corrected chi connectivity index (χ4v) is 11.5. The summed E-state index contributed by atoms with van der Waals surface area (Å²) in [5.41, 5.74) is 10.7. The summed E-state index contributed by atoms with van der Waals surface area (Å²) in [5, 5.41) is 0. The second kappa shape index (κ2) is 8.53. The Labute approximate surface area is 174 Å². The van der Waals surface area contributed by atoms with E-state index in [9.17, 15) is 0 Å². The number of benzene rings is 2. The molecule has 129 valence electrons. The number of halogens is 2. The minimum Gasteiger partial charge on any atom is -0.147 e. The predicted molar refractivity (Wildman–Crippen MR) is 113 cm³/mol. The zero-order chi connectivity index (χ0) is 16.0. The molecule has 2 aromatic carbocycles. The van der Waals surface area contributed by atoms with Crippen molar-refractivity contribution in [3.05, 3.63) is 70.8 Å². The van der Waals surface area contributed by atoms with Crippen LogP contribution in [0.2, 0.25) is 13.1 Å². The largest absolute Gasteiger partial charge is 0.147 e. The van der Waals surface area contributed by atoms with E-state index in [0.29, 0.717) is 0 Å². The summed E-state index contributed by atoms with van der Waals surface area (Å²) in [6, 6.07) is 13.8. The number of allylic oxidation sites excluding steroid dienone is 4. The minimum absolute atomic E-state index is 0. The van der Waals surface area contributed by atoms with E-state index in [0.717, 1.165) is 12.8 Å². The summed E-state index contributed by atoms with van der Waals surface area (Å²) in [5.74, 6) is 0. The molecular weight excluding hydrogens is 442 g/mol. The Kier molecular flexibility index (Phi) is 7.13. The summed E-state index contributed by atoms with van der Waals surface area (Å²) >= 11 is -0.479. The molecule has 0 radical (unpaired) electrons. The van der Waals surface area contributed by atoms with Crippen LogP contribution in [-0.2, 0) is 28.3 Å². The quantitative estimate of drug-likeness (QED) is 0.420. The third kappa shape index (κ3) is 3.83. The Morgan fingerprint density at radius 3 is 2.32 bits per heavy atom. The molecule has 0 atom stereocenters. The van der Waals surface area contributed by atoms with Crippen molar-refractivity contribution in [3.63, 3.8) is 0 Å². The van der Waals surface area contributed by atoms with E-state index in [1.807, 2.05) is 0 Å². The molecule has 0 fully saturated rings. The van der Waals surface area contributed by atoms with Crippen LogP contribution in [0.15, 0.2) is 54.1 Å². The standard InChI is InChI=1S/C19H15.C2H6Si.2ClH.Zr/c1-13-5-4-8-17(13)15-9-10-19-16(12-15)11-14-6-2-3-7-18(14)19;1-3-2;;;/h2-7,9-10H,8,11H2,1H3;1-2H3;2*1H;. The van der Waals surface area contributed by atoms with Crippen LogP contribution >= 0.6 is 24.8 Å². The molecule has 0 saturated heterocycles. The SMILES string of the molecule is CC1=C(c2ccc3c([c]2[Zr]=[Si](C)C)Cc2ccccc2-3)CC=C1.Cl.Cl. The minimum atomic E-state index is -0.479. The molecule has 2 aromatic rings. The molecule has 0 aliphatic heterocycles. The molecule has 0 saturated carbocycles. The maximum Gasteiger partial charge on any atom is -0.147 e. The Balaban J connectivity index is 0.00000113. The fourth-order valence-electron chi connectivity index (χ4n) is 3.79. The Morgan fingerprint density at radius 2 is 1.64 bits per heavy atom. The van der Waals surface area contributed by atoms with Gasteiger partial charge in [0.2, 0.25) is 0 Å². The molecule has 0 bridgehead atoms. The van der Waals surface area contributed by atoms with Crippen LogP contribution < -0.4 is 3.27 Å². The van der Waals surface area contributed by atoms with Crippen molar-refractivity contribution < 1.29 is 21.9 Å². The van der Waals surface area contributed by atoms with Crippen LogP contribution in [0.1, 0.15) is 30.0 Å². The fraction of sp³-hybridized carbons (Fsp3) is 0.238. The molecule has 0 amide bonds. The van der Waals surface area contributed by atoms with E-state index in [-0.39, 0.29) is 30.2 Å². The van der Waals surface area contributed by atoms with Crippen LogP contribution in [0.5, 0.6) is 0 Å². The first kappa shape index (κ1) is 20.9. The first-order chi connectivity index (χ1) is 11.1. The van der Waals surface area contributed by atoms with Gasteiger partial charge >= 0.3 is 151 Å². The van der Waals surface area contributed by atoms with E-state index in [2.05, 4.69) is 68.6 Å². The van der Waals surface area contributed by atoms with Gasteiger partial charge in [-0.1, -0.05) is 0 Å². The monoisotopic (exact) mass is 463 g/mol. The van der Waals surface area contributed by atoms with Gasteiger partial charge in [-0.3, -0.25) is 0 Å². The van der Waals surface area contributed by atoms with Crippen LogP contribution in [0.25, 0.3) is 16.7 Å². The van der Waals surface area contributed by atoms with E-state index in [1.165, 1.54) is 22.3 Å². The van der Waals surface area contributed by atoms with Crippen molar-refractivity contribution in [2.75, 3.05) is 0 Å². The maximum atomic E-state index is 2.51. The number of fused-ring (bicyclic) bond motifs is 3. The van der Waals surface area contributed by atoms with Crippen molar-refractivity contribution in [2.24, 2.45) is 0 Å². The Morgan fingerprint density at radius 1 is 0.920 bits per heavy atom. The van der Waals surface area contributed by atoms with Gasteiger partial charge in [0.1, 0.15) is 0 Å². The molecule has 25 heavy (non-hydrogen) atoms. The first-order valence-corrected chi connectivity index (χ1v) is 15.7. The summed E-state index contributed by atoms with van der Waals surface area (Å²) in [6.45, 7) is 7.30. The summed E-state index contributed by atoms with van der Waals surface area (Å²) in [7, 11) is 0. The van der Waals surface area contributed by atoms with Gasteiger partial charge in [0, 0.05) is 0 Å². The molecule has 0 unspecified atom stereocenters. The van der Waals surface area contributed by atoms with Gasteiger partial charge in [0.05, 0.1) is 0 Å². The van der Waals surface area contributed by atoms with E-state index >= 15 is 0 Å². The van der Waals surface area contributed by atoms with Crippen molar-refractivity contribution in [3.8, 4) is 11.1 Å². The molecule has 0 spiro atoms. The van der Waals surface area contributed by atoms with Crippen LogP contribution in [0.3, 0.4) is 0 Å². The molecule has 2 aliphatic carbocycles. The average molecular weight is 466 g/mol. The van der Waals surface area contributed by atoms with Crippen molar-refractivity contribution in [1.82, 2.24) is 0 Å². The smallest absolute Gasteiger partial charge is 0.147 e. The van der Waals surface area contributed by atoms with Gasteiger partial charge in [-0.05, 0) is 0 Å². The van der Waals surface area contributed by atoms with Gasteiger partial charge < -0.3 is 0 Å². The van der Waals surface area contributed by atoms with Gasteiger partial charge in [-0.2, -0.15) is 0 Å². The molecule has 2 aliphatic rings. The van der Waals surface area contributed by atoms with Crippen molar-refractivity contribution in [1.29, 1.82) is 0 Å². The van der Waals surface area contributed by atoms with Crippen LogP contribution in [0.4, 0.5) is 0 Å². The Hall–Kier alpha value is -0.400. The zero-order valence-corrected chi connectivity index (χ0v) is 19.9. The topological polar surface area (TPSA) is 0 Å². The second-order valence-electron chi connectivity index (χ2n) is 6.74. The van der Waals surface area contributed by atoms with Crippen molar-refractivity contribution >= 4 is 39.1 Å². The van der Waals surface area contributed by atoms with E-state index < -0.39 is 21.9 Å². The molecule has 0 heterocycles. The Bertz CT molecular complexity index is 906. The van der Waals surface area contributed by atoms with Crippen LogP contribution in [-0.4, -0.2) is 5.43 Å². The molecule has 4 rings (SSSR count). The second-order valence-corrected chi connectivity index (χ2v) is 19.4. The van der Waals surface area contributed by atoms with Gasteiger partial charge in [-0.25, -0.2) is 0 Å². The molecule has 0 nitrogen and oxygen atoms in total. The van der Waals surface area contributed by atoms with Crippen LogP contribution in [0, 0.1) is 0 Å². The molecule has 0 aromatic heterocycles. The summed E-state index contributed by atoms with van der Waals surface area (Å²) in [4.78, 5) is 0. The summed E-state index contributed by atoms with van der Waals surface area (Å²) in [6.07, 6.45) is 6.91. The number of hydrogen-bond acceptors (Lipinski definition) is 0. The van der Waals surface area contributed by atoms with Gasteiger partial charge in [-0.15, -0.1) is 24.8 Å². The van der Waals surface area contributed by atoms with Crippen molar-refractivity contribution in [2.45, 2.75) is 32.9 Å². The average Bonchev–Trinajstić information content (AvgIpc) is 3.11. The maximum absolute atomic E-state index is 2.51. The third-order valence-electron chi connectivity index (χ3n) is 4.85. The predicted octanol–water partition coefficient (Wildman–Crippen LogP) is 5.79. The normalized spacial score (nSPS) is 13.6. The van der Waals surface area contributed by atoms with E-state index in [1.54, 1.807) is 20.0 Å². The van der Waals surface area contributed by atoms with E-state index in [4.69, 9.17) is 0 Å². The third-order valence-corrected chi connectivity index (χ3v) is 12.5. The number of rotatable bonds is 2. The number of hydrogen-bond donors (Lipinski definition) is 0. The molecule has 4 heteroatoms. The van der Waals surface area contributed by atoms with Gasteiger partial charge in [0.15, 0.2) is 0 Å². The molecule has 0 N–H and O–H groups in total. The van der Waals surface area contributed by atoms with Gasteiger partial charge in [0.25, 0.3) is 0 Å².